The molecule has 0 amide bonds. The van der Waals surface area contributed by atoms with Gasteiger partial charge < -0.3 is 13.7 Å². The zero-order chi connectivity index (χ0) is 48.5. The minimum absolute atomic E-state index is 0.0521. The third-order valence-electron chi connectivity index (χ3n) is 15.9. The number of rotatable bonds is 7. The number of benzene rings is 10. The number of hydrogen-bond acceptors (Lipinski definition) is 1. The van der Waals surface area contributed by atoms with Crippen LogP contribution in [0.5, 0.6) is 0 Å². The van der Waals surface area contributed by atoms with Crippen LogP contribution < -0.4 is 16.4 Å². The minimum atomic E-state index is 0.0521. The highest BCUT2D eigenvalue weighted by molar-refractivity contribution is 8.00. The summed E-state index contributed by atoms with van der Waals surface area (Å²) in [4.78, 5) is 2.61. The average molecular weight is 944 g/mol. The van der Waals surface area contributed by atoms with Crippen molar-refractivity contribution < 1.29 is 0 Å². The smallest absolute Gasteiger partial charge is 0.244 e. The highest BCUT2D eigenvalue weighted by Gasteiger charge is 2.37. The molecule has 0 saturated heterocycles. The van der Waals surface area contributed by atoms with Gasteiger partial charge in [0.1, 0.15) is 0 Å². The first-order chi connectivity index (χ1) is 35.2. The summed E-state index contributed by atoms with van der Waals surface area (Å²) < 4.78 is 7.49. The molecule has 0 spiro atoms. The van der Waals surface area contributed by atoms with E-state index in [4.69, 9.17) is 0 Å². The van der Waals surface area contributed by atoms with Crippen molar-refractivity contribution in [3.63, 3.8) is 0 Å². The topological polar surface area (TPSA) is 14.8 Å². The van der Waals surface area contributed by atoms with Crippen LogP contribution in [-0.2, 0) is 0 Å². The molecule has 13 aromatic rings. The molecular weight excluding hydrogens is 890 g/mol. The summed E-state index contributed by atoms with van der Waals surface area (Å²) in [5.74, 6) is 1.14. The molecule has 0 radical (unpaired) electrons. The Morgan fingerprint density at radius 3 is 1.42 bits per heavy atom. The van der Waals surface area contributed by atoms with Gasteiger partial charge in [0, 0.05) is 64.6 Å². The highest BCUT2D eigenvalue weighted by Crippen LogP contribution is 2.44. The van der Waals surface area contributed by atoms with E-state index in [9.17, 15) is 0 Å². The second-order valence-electron chi connectivity index (χ2n) is 21.0. The van der Waals surface area contributed by atoms with Gasteiger partial charge in [-0.2, -0.15) is 0 Å². The van der Waals surface area contributed by atoms with Crippen LogP contribution in [0.15, 0.2) is 210 Å². The van der Waals surface area contributed by atoms with Crippen molar-refractivity contribution in [2.75, 3.05) is 0 Å². The lowest BCUT2D eigenvalue weighted by Gasteiger charge is -2.32. The molecule has 1 aliphatic heterocycles. The van der Waals surface area contributed by atoms with Crippen molar-refractivity contribution in [3.8, 4) is 17.1 Å². The third kappa shape index (κ3) is 6.32. The largest absolute Gasteiger partial charge is 0.309 e. The molecule has 0 fully saturated rings. The van der Waals surface area contributed by atoms with E-state index in [1.165, 1.54) is 136 Å². The summed E-state index contributed by atoms with van der Waals surface area (Å²) in [6.45, 7) is 14.3. The van der Waals surface area contributed by atoms with Gasteiger partial charge in [0.2, 0.25) is 6.71 Å². The number of fused-ring (bicyclic) bond motifs is 14. The molecule has 0 N–H and O–H groups in total. The predicted molar refractivity (Wildman–Crippen MR) is 311 cm³/mol. The molecule has 14 rings (SSSR count). The lowest BCUT2D eigenvalue weighted by Crippen LogP contribution is -2.57. The van der Waals surface area contributed by atoms with Crippen LogP contribution in [0.4, 0.5) is 0 Å². The van der Waals surface area contributed by atoms with E-state index >= 15 is 0 Å². The van der Waals surface area contributed by atoms with Crippen molar-refractivity contribution in [1.82, 2.24) is 13.7 Å². The summed E-state index contributed by atoms with van der Waals surface area (Å²) in [5, 5.41) is 10.2. The summed E-state index contributed by atoms with van der Waals surface area (Å²) >= 11 is 1.94. The van der Waals surface area contributed by atoms with Crippen LogP contribution in [0.2, 0.25) is 0 Å². The number of aromatic nitrogens is 3. The number of nitrogens with zero attached hydrogens (tertiary/aromatic N) is 3. The molecule has 346 valence electrons. The van der Waals surface area contributed by atoms with Crippen molar-refractivity contribution in [2.45, 2.75) is 69.1 Å². The summed E-state index contributed by atoms with van der Waals surface area (Å²) in [7, 11) is 0. The molecule has 3 nitrogen and oxygen atoms in total. The molecule has 1 aliphatic rings. The molecule has 5 heteroatoms. The Balaban J connectivity index is 1.03. The van der Waals surface area contributed by atoms with Gasteiger partial charge >= 0.3 is 0 Å². The van der Waals surface area contributed by atoms with Gasteiger partial charge in [-0.3, -0.25) is 0 Å². The molecular formula is C67H54BN3S. The Morgan fingerprint density at radius 2 is 0.847 bits per heavy atom. The van der Waals surface area contributed by atoms with Gasteiger partial charge in [0.05, 0.1) is 33.1 Å². The number of para-hydroxylation sites is 4. The highest BCUT2D eigenvalue weighted by atomic mass is 32.2. The summed E-state index contributed by atoms with van der Waals surface area (Å²) in [5.41, 5.74) is 19.5. The van der Waals surface area contributed by atoms with Gasteiger partial charge in [-0.15, -0.1) is 0 Å². The van der Waals surface area contributed by atoms with Crippen LogP contribution in [-0.4, -0.2) is 20.4 Å². The van der Waals surface area contributed by atoms with Crippen molar-refractivity contribution >= 4 is 111 Å². The maximum absolute atomic E-state index is 2.54. The molecule has 72 heavy (non-hydrogen) atoms. The Kier molecular flexibility index (Phi) is 9.82. The average Bonchev–Trinajstić information content (AvgIpc) is 4.06. The van der Waals surface area contributed by atoms with Crippen LogP contribution in [0, 0.1) is 0 Å². The van der Waals surface area contributed by atoms with Crippen molar-refractivity contribution in [2.24, 2.45) is 0 Å². The Morgan fingerprint density at radius 1 is 0.361 bits per heavy atom. The predicted octanol–water partition coefficient (Wildman–Crippen LogP) is 16.5. The lowest BCUT2D eigenvalue weighted by molar-refractivity contribution is 0.812. The van der Waals surface area contributed by atoms with E-state index in [1.807, 2.05) is 11.8 Å². The first-order valence-corrected chi connectivity index (χ1v) is 26.6. The normalized spacial score (nSPS) is 12.9. The van der Waals surface area contributed by atoms with E-state index in [2.05, 4.69) is 255 Å². The van der Waals surface area contributed by atoms with Crippen molar-refractivity contribution in [1.29, 1.82) is 0 Å². The van der Waals surface area contributed by atoms with E-state index < -0.39 is 0 Å². The van der Waals surface area contributed by atoms with Gasteiger partial charge in [-0.1, -0.05) is 203 Å². The molecule has 0 atom stereocenters. The zero-order valence-corrected chi connectivity index (χ0v) is 42.4. The number of hydrogen-bond donors (Lipinski definition) is 0. The van der Waals surface area contributed by atoms with Crippen LogP contribution in [0.25, 0.3) is 93.3 Å². The molecule has 0 bridgehead atoms. The molecule has 10 aromatic carbocycles. The van der Waals surface area contributed by atoms with Crippen LogP contribution in [0.1, 0.15) is 76.0 Å². The molecule has 0 unspecified atom stereocenters. The van der Waals surface area contributed by atoms with E-state index in [0.29, 0.717) is 17.8 Å². The van der Waals surface area contributed by atoms with E-state index in [-0.39, 0.29) is 6.71 Å². The van der Waals surface area contributed by atoms with E-state index in [0.717, 1.165) is 0 Å². The van der Waals surface area contributed by atoms with E-state index in [1.54, 1.807) is 0 Å². The maximum Gasteiger partial charge on any atom is 0.244 e. The summed E-state index contributed by atoms with van der Waals surface area (Å²) in [6, 6.07) is 75.7. The molecule has 4 heterocycles. The fourth-order valence-electron chi connectivity index (χ4n) is 12.6. The first-order valence-electron chi connectivity index (χ1n) is 25.8. The standard InChI is InChI=1S/C67H54BN3S/c1-40(2)44-36-53(41(3)4)66(54(37-44)42(5)6)68-55-32-29-46(70-59-27-17-14-24-52(59)65-61(70)35-34-60-64(65)51-23-13-16-26-58(51)69(60)45-19-8-7-9-20-45)38-62(55)72-63-39-47(30-33-56(63)68)71-57-25-15-12-22-49(57)50-31-28-43-18-10-11-21-48(43)67(50)71/h7-42H,1-6H3. The monoisotopic (exact) mass is 943 g/mol. The third-order valence-corrected chi connectivity index (χ3v) is 17.0. The second-order valence-corrected chi connectivity index (χ2v) is 22.1. The van der Waals surface area contributed by atoms with Gasteiger partial charge in [-0.25, -0.2) is 0 Å². The summed E-state index contributed by atoms with van der Waals surface area (Å²) in [6.07, 6.45) is 0. The Hall–Kier alpha value is -7.73. The molecule has 0 aliphatic carbocycles. The van der Waals surface area contributed by atoms with Crippen molar-refractivity contribution in [3.05, 3.63) is 217 Å². The Bertz CT molecular complexity index is 4330. The quantitative estimate of drug-likeness (QED) is 0.145. The lowest BCUT2D eigenvalue weighted by atomic mass is 9.34. The minimum Gasteiger partial charge on any atom is -0.309 e. The molecule has 3 aromatic heterocycles. The van der Waals surface area contributed by atoms with Gasteiger partial charge in [-0.05, 0) is 107 Å². The van der Waals surface area contributed by atoms with Gasteiger partial charge in [0.25, 0.3) is 0 Å². The Labute approximate surface area is 425 Å². The SMILES string of the molecule is CC(C)c1cc(C(C)C)c(B2c3ccc(-n4c5ccccc5c5c6c7ccccc7n(-c7ccccc7)c6ccc54)cc3Sc3cc(-n4c5ccccc5c5ccc6ccccc6c54)ccc32)c(C(C)C)c1. The van der Waals surface area contributed by atoms with Crippen LogP contribution in [0.3, 0.4) is 0 Å². The first kappa shape index (κ1) is 43.1. The molecule has 0 saturated carbocycles. The maximum atomic E-state index is 2.54. The fraction of sp³-hybridized carbons (Fsp3) is 0.134. The van der Waals surface area contributed by atoms with Gasteiger partial charge in [0.15, 0.2) is 0 Å². The second kappa shape index (κ2) is 16.4. The zero-order valence-electron chi connectivity index (χ0n) is 41.6. The fourth-order valence-corrected chi connectivity index (χ4v) is 13.8. The van der Waals surface area contributed by atoms with Crippen LogP contribution >= 0.6 is 11.8 Å².